The molecule has 1 aromatic heterocycles. The highest BCUT2D eigenvalue weighted by Crippen LogP contribution is 2.42. The number of hydrogen-bond acceptors (Lipinski definition) is 4. The maximum Gasteiger partial charge on any atom is 0.266 e. The topological polar surface area (TPSA) is 58.7 Å². The summed E-state index contributed by atoms with van der Waals surface area (Å²) < 4.78 is 29.1. The Morgan fingerprint density at radius 1 is 1.15 bits per heavy atom. The number of hydrazine groups is 1. The van der Waals surface area contributed by atoms with Crippen molar-refractivity contribution in [2.75, 3.05) is 5.01 Å². The second kappa shape index (κ2) is 6.55. The van der Waals surface area contributed by atoms with E-state index < -0.39 is 17.7 Å². The summed E-state index contributed by atoms with van der Waals surface area (Å²) in [4.78, 5) is 18.1. The summed E-state index contributed by atoms with van der Waals surface area (Å²) >= 11 is 1.44. The number of anilines is 1. The van der Waals surface area contributed by atoms with Crippen LogP contribution in [0.15, 0.2) is 23.2 Å². The Morgan fingerprint density at radius 3 is 2.58 bits per heavy atom. The van der Waals surface area contributed by atoms with E-state index in [9.17, 15) is 13.6 Å². The van der Waals surface area contributed by atoms with Gasteiger partial charge in [-0.15, -0.1) is 11.3 Å². The third-order valence-electron chi connectivity index (χ3n) is 4.98. The van der Waals surface area contributed by atoms with E-state index in [1.165, 1.54) is 29.5 Å². The van der Waals surface area contributed by atoms with E-state index in [0.717, 1.165) is 47.6 Å². The monoisotopic (exact) mass is 375 g/mol. The normalized spacial score (nSPS) is 20.2. The third kappa shape index (κ3) is 2.66. The number of rotatable bonds is 1. The van der Waals surface area contributed by atoms with Crippen molar-refractivity contribution in [1.82, 2.24) is 0 Å². The Morgan fingerprint density at radius 2 is 1.85 bits per heavy atom. The highest BCUT2D eigenvalue weighted by Gasteiger charge is 2.35. The standard InChI is InChI=1S/C19H19F2N3OS/c1-10-18(25)24(22)19-15(11-6-3-2-4-9-14(11)26-19)17(23-10)16-12(20)7-5-8-13(16)21/h5,7-8,10H,2-4,6,9,22H2,1H3/t10-/m0/s1. The van der Waals surface area contributed by atoms with Crippen LogP contribution < -0.4 is 10.9 Å². The number of carbonyl (C=O) groups is 1. The molecule has 0 spiro atoms. The van der Waals surface area contributed by atoms with Crippen LogP contribution >= 0.6 is 11.3 Å². The molecule has 1 aromatic carbocycles. The first-order chi connectivity index (χ1) is 12.5. The number of hydrogen-bond donors (Lipinski definition) is 1. The quantitative estimate of drug-likeness (QED) is 0.469. The summed E-state index contributed by atoms with van der Waals surface area (Å²) in [6.07, 6.45) is 4.85. The van der Waals surface area contributed by atoms with Crippen molar-refractivity contribution in [3.8, 4) is 0 Å². The summed E-state index contributed by atoms with van der Waals surface area (Å²) in [6, 6.07) is 2.94. The van der Waals surface area contributed by atoms with E-state index in [0.29, 0.717) is 10.6 Å². The van der Waals surface area contributed by atoms with Crippen molar-refractivity contribution < 1.29 is 13.6 Å². The molecular formula is C19H19F2N3OS. The number of nitrogens with two attached hydrogens (primary N) is 1. The molecule has 0 bridgehead atoms. The Balaban J connectivity index is 2.03. The molecule has 0 radical (unpaired) electrons. The van der Waals surface area contributed by atoms with E-state index in [-0.39, 0.29) is 17.2 Å². The number of fused-ring (bicyclic) bond motifs is 3. The average molecular weight is 375 g/mol. The van der Waals surface area contributed by atoms with Crippen molar-refractivity contribution in [2.24, 2.45) is 10.8 Å². The van der Waals surface area contributed by atoms with Crippen LogP contribution in [0.3, 0.4) is 0 Å². The molecular weight excluding hydrogens is 356 g/mol. The summed E-state index contributed by atoms with van der Waals surface area (Å²) in [7, 11) is 0. The molecule has 7 heteroatoms. The van der Waals surface area contributed by atoms with Crippen LogP contribution in [0.5, 0.6) is 0 Å². The maximum atomic E-state index is 14.6. The third-order valence-corrected chi connectivity index (χ3v) is 6.27. The zero-order valence-corrected chi connectivity index (χ0v) is 15.2. The minimum Gasteiger partial charge on any atom is -0.271 e. The number of benzene rings is 1. The fraction of sp³-hybridized carbons (Fsp3) is 0.368. The van der Waals surface area contributed by atoms with E-state index in [4.69, 9.17) is 5.84 Å². The number of aryl methyl sites for hydroxylation is 1. The lowest BCUT2D eigenvalue weighted by Gasteiger charge is -2.15. The maximum absolute atomic E-state index is 14.6. The Kier molecular flexibility index (Phi) is 4.36. The minimum absolute atomic E-state index is 0.187. The van der Waals surface area contributed by atoms with Gasteiger partial charge >= 0.3 is 0 Å². The van der Waals surface area contributed by atoms with Gasteiger partial charge < -0.3 is 0 Å². The van der Waals surface area contributed by atoms with Gasteiger partial charge in [0.05, 0.1) is 11.3 Å². The molecule has 0 fully saturated rings. The molecule has 2 aliphatic rings. The molecule has 2 N–H and O–H groups in total. The van der Waals surface area contributed by atoms with Crippen LogP contribution in [0.25, 0.3) is 0 Å². The molecule has 26 heavy (non-hydrogen) atoms. The van der Waals surface area contributed by atoms with Gasteiger partial charge in [0.25, 0.3) is 5.91 Å². The van der Waals surface area contributed by atoms with Gasteiger partial charge in [0, 0.05) is 10.4 Å². The lowest BCUT2D eigenvalue weighted by molar-refractivity contribution is -0.119. The largest absolute Gasteiger partial charge is 0.271 e. The summed E-state index contributed by atoms with van der Waals surface area (Å²) in [5, 5.41) is 1.64. The highest BCUT2D eigenvalue weighted by molar-refractivity contribution is 7.17. The van der Waals surface area contributed by atoms with Gasteiger partial charge in [-0.05, 0) is 50.3 Å². The fourth-order valence-electron chi connectivity index (χ4n) is 3.67. The molecule has 0 unspecified atom stereocenters. The van der Waals surface area contributed by atoms with Crippen molar-refractivity contribution in [2.45, 2.75) is 45.1 Å². The second-order valence-electron chi connectivity index (χ2n) is 6.70. The van der Waals surface area contributed by atoms with Gasteiger partial charge in [-0.3, -0.25) is 9.79 Å². The van der Waals surface area contributed by atoms with Gasteiger partial charge in [0.15, 0.2) is 0 Å². The Hall–Kier alpha value is -2.12. The minimum atomic E-state index is -0.810. The Labute approximate surface area is 154 Å². The lowest BCUT2D eigenvalue weighted by Crippen LogP contribution is -2.41. The van der Waals surface area contributed by atoms with Crippen LogP contribution in [0.4, 0.5) is 13.8 Å². The molecule has 1 aliphatic carbocycles. The van der Waals surface area contributed by atoms with Gasteiger partial charge in [0.2, 0.25) is 0 Å². The smallest absolute Gasteiger partial charge is 0.266 e. The molecule has 0 saturated heterocycles. The zero-order valence-electron chi connectivity index (χ0n) is 14.4. The molecule has 1 aliphatic heterocycles. The van der Waals surface area contributed by atoms with E-state index in [1.807, 2.05) is 0 Å². The first-order valence-corrected chi connectivity index (χ1v) is 9.56. The summed E-state index contributed by atoms with van der Waals surface area (Å²) in [6.45, 7) is 1.59. The van der Waals surface area contributed by atoms with Crippen molar-refractivity contribution in [3.63, 3.8) is 0 Å². The summed E-state index contributed by atoms with van der Waals surface area (Å²) in [5.74, 6) is 4.33. The first-order valence-electron chi connectivity index (χ1n) is 8.74. The van der Waals surface area contributed by atoms with Gasteiger partial charge in [-0.2, -0.15) is 0 Å². The number of halogens is 2. The molecule has 0 saturated carbocycles. The molecule has 136 valence electrons. The van der Waals surface area contributed by atoms with Crippen LogP contribution in [-0.4, -0.2) is 17.7 Å². The highest BCUT2D eigenvalue weighted by atomic mass is 32.1. The predicted octanol–water partition coefficient (Wildman–Crippen LogP) is 3.74. The lowest BCUT2D eigenvalue weighted by atomic mass is 9.96. The van der Waals surface area contributed by atoms with E-state index >= 15 is 0 Å². The van der Waals surface area contributed by atoms with Crippen LogP contribution in [0.1, 0.15) is 47.8 Å². The molecule has 4 rings (SSSR count). The number of amides is 1. The second-order valence-corrected chi connectivity index (χ2v) is 7.79. The zero-order chi connectivity index (χ0) is 18.4. The Bertz CT molecular complexity index is 901. The van der Waals surface area contributed by atoms with Gasteiger partial charge in [-0.25, -0.2) is 19.6 Å². The van der Waals surface area contributed by atoms with Crippen molar-refractivity contribution in [3.05, 3.63) is 51.4 Å². The van der Waals surface area contributed by atoms with Crippen LogP contribution in [0, 0.1) is 11.6 Å². The number of nitrogens with zero attached hydrogens (tertiary/aromatic N) is 2. The van der Waals surface area contributed by atoms with Gasteiger partial charge in [-0.1, -0.05) is 12.5 Å². The van der Waals surface area contributed by atoms with Crippen molar-refractivity contribution in [1.29, 1.82) is 0 Å². The number of thiophene rings is 1. The average Bonchev–Trinajstić information content (AvgIpc) is 2.75. The van der Waals surface area contributed by atoms with Crippen LogP contribution in [-0.2, 0) is 17.6 Å². The SMILES string of the molecule is C[C@@H]1N=C(c2c(F)cccc2F)c2c(sc3c2CCCCC3)N(N)C1=O. The predicted molar refractivity (Wildman–Crippen MR) is 98.7 cm³/mol. The van der Waals surface area contributed by atoms with Gasteiger partial charge in [0.1, 0.15) is 22.7 Å². The van der Waals surface area contributed by atoms with Crippen molar-refractivity contribution >= 4 is 28.0 Å². The first kappa shape index (κ1) is 17.3. The number of aliphatic imine (C=N–C) groups is 1. The fourth-order valence-corrected chi connectivity index (χ4v) is 4.99. The van der Waals surface area contributed by atoms with Crippen LogP contribution in [0.2, 0.25) is 0 Å². The number of carbonyl (C=O) groups excluding carboxylic acids is 1. The molecule has 2 aromatic rings. The molecule has 1 atom stereocenters. The molecule has 4 nitrogen and oxygen atoms in total. The van der Waals surface area contributed by atoms with E-state index in [1.54, 1.807) is 6.92 Å². The molecule has 1 amide bonds. The summed E-state index contributed by atoms with van der Waals surface area (Å²) in [5.41, 5.74) is 1.66. The van der Waals surface area contributed by atoms with E-state index in [2.05, 4.69) is 4.99 Å². The molecule has 2 heterocycles.